The molecule has 0 fully saturated rings. The van der Waals surface area contributed by atoms with Gasteiger partial charge in [-0.25, -0.2) is 0 Å². The number of Topliss-reactive ketones (excluding diaryl/α,β-unsaturated/α-hetero) is 1. The molecule has 0 spiro atoms. The Hall–Kier alpha value is -1.38. The van der Waals surface area contributed by atoms with Crippen LogP contribution in [0, 0.1) is 0 Å². The molecule has 1 aliphatic heterocycles. The fourth-order valence-electron chi connectivity index (χ4n) is 2.26. The standard InChI is InChI=1S/C13H17NO2/c1-2-3-6-9-14-11-8-5-4-7-10(11)12(15)13(14)16/h4,7H,2-3,5-6,8-9H2,1H3. The van der Waals surface area contributed by atoms with Crippen LogP contribution in [-0.4, -0.2) is 23.1 Å². The van der Waals surface area contributed by atoms with Gasteiger partial charge in [0.1, 0.15) is 0 Å². The van der Waals surface area contributed by atoms with Crippen molar-refractivity contribution in [3.63, 3.8) is 0 Å². The van der Waals surface area contributed by atoms with Crippen molar-refractivity contribution in [2.24, 2.45) is 0 Å². The van der Waals surface area contributed by atoms with E-state index < -0.39 is 0 Å². The van der Waals surface area contributed by atoms with Gasteiger partial charge in [0, 0.05) is 17.8 Å². The van der Waals surface area contributed by atoms with Crippen LogP contribution < -0.4 is 0 Å². The van der Waals surface area contributed by atoms with Crippen LogP contribution in [0.5, 0.6) is 0 Å². The lowest BCUT2D eigenvalue weighted by molar-refractivity contribution is -0.139. The van der Waals surface area contributed by atoms with Crippen molar-refractivity contribution in [3.05, 3.63) is 23.4 Å². The predicted molar refractivity (Wildman–Crippen MR) is 61.6 cm³/mol. The van der Waals surface area contributed by atoms with Crippen molar-refractivity contribution in [2.45, 2.75) is 39.0 Å². The van der Waals surface area contributed by atoms with Crippen LogP contribution in [0.2, 0.25) is 0 Å². The zero-order valence-electron chi connectivity index (χ0n) is 9.66. The molecule has 16 heavy (non-hydrogen) atoms. The molecule has 0 unspecified atom stereocenters. The SMILES string of the molecule is CCCCCN1C(=O)C(=O)C2=C1CCC=C2. The van der Waals surface area contributed by atoms with Gasteiger partial charge in [-0.2, -0.15) is 0 Å². The van der Waals surface area contributed by atoms with Crippen molar-refractivity contribution in [2.75, 3.05) is 6.54 Å². The first-order chi connectivity index (χ1) is 7.75. The normalized spacial score (nSPS) is 19.7. The second kappa shape index (κ2) is 4.64. The molecule has 0 atom stereocenters. The molecule has 0 N–H and O–H groups in total. The average molecular weight is 219 g/mol. The summed E-state index contributed by atoms with van der Waals surface area (Å²) in [4.78, 5) is 25.1. The quantitative estimate of drug-likeness (QED) is 0.537. The Morgan fingerprint density at radius 3 is 2.88 bits per heavy atom. The first-order valence-corrected chi connectivity index (χ1v) is 6.01. The van der Waals surface area contributed by atoms with Crippen LogP contribution in [0.25, 0.3) is 0 Å². The summed E-state index contributed by atoms with van der Waals surface area (Å²) in [6.45, 7) is 2.83. The summed E-state index contributed by atoms with van der Waals surface area (Å²) in [6, 6.07) is 0. The third kappa shape index (κ3) is 1.82. The van der Waals surface area contributed by atoms with E-state index in [1.54, 1.807) is 11.0 Å². The van der Waals surface area contributed by atoms with E-state index in [9.17, 15) is 9.59 Å². The van der Waals surface area contributed by atoms with Gasteiger partial charge in [-0.05, 0) is 19.3 Å². The molecule has 0 bridgehead atoms. The molecule has 0 aromatic rings. The number of carbonyl (C=O) groups excluding carboxylic acids is 2. The van der Waals surface area contributed by atoms with Crippen LogP contribution in [0.3, 0.4) is 0 Å². The monoisotopic (exact) mass is 219 g/mol. The van der Waals surface area contributed by atoms with Gasteiger partial charge in [-0.1, -0.05) is 31.9 Å². The lowest BCUT2D eigenvalue weighted by Crippen LogP contribution is -2.29. The fraction of sp³-hybridized carbons (Fsp3) is 0.538. The summed E-state index contributed by atoms with van der Waals surface area (Å²) in [5.41, 5.74) is 1.58. The Morgan fingerprint density at radius 2 is 2.12 bits per heavy atom. The maximum atomic E-state index is 11.8. The largest absolute Gasteiger partial charge is 0.309 e. The highest BCUT2D eigenvalue weighted by molar-refractivity contribution is 6.46. The van der Waals surface area contributed by atoms with E-state index in [2.05, 4.69) is 6.92 Å². The third-order valence-corrected chi connectivity index (χ3v) is 3.14. The number of hydrogen-bond acceptors (Lipinski definition) is 2. The van der Waals surface area contributed by atoms with Gasteiger partial charge < -0.3 is 4.90 Å². The van der Waals surface area contributed by atoms with Crippen molar-refractivity contribution in [3.8, 4) is 0 Å². The molecule has 1 amide bonds. The molecule has 3 nitrogen and oxygen atoms in total. The second-order valence-electron chi connectivity index (χ2n) is 4.29. The number of carbonyl (C=O) groups is 2. The lowest BCUT2D eigenvalue weighted by Gasteiger charge is -2.20. The van der Waals surface area contributed by atoms with Crippen molar-refractivity contribution >= 4 is 11.7 Å². The van der Waals surface area contributed by atoms with E-state index in [0.29, 0.717) is 12.1 Å². The number of hydrogen-bond donors (Lipinski definition) is 0. The van der Waals surface area contributed by atoms with E-state index in [4.69, 9.17) is 0 Å². The minimum absolute atomic E-state index is 0.317. The molecule has 0 aromatic heterocycles. The third-order valence-electron chi connectivity index (χ3n) is 3.14. The Labute approximate surface area is 95.8 Å². The van der Waals surface area contributed by atoms with Crippen LogP contribution in [0.15, 0.2) is 23.4 Å². The highest BCUT2D eigenvalue weighted by atomic mass is 16.2. The van der Waals surface area contributed by atoms with Gasteiger partial charge in [0.05, 0.1) is 0 Å². The molecule has 0 saturated heterocycles. The van der Waals surface area contributed by atoms with Crippen LogP contribution in [0.1, 0.15) is 39.0 Å². The zero-order valence-corrected chi connectivity index (χ0v) is 9.66. The molecule has 0 aromatic carbocycles. The first-order valence-electron chi connectivity index (χ1n) is 6.01. The van der Waals surface area contributed by atoms with Crippen molar-refractivity contribution < 1.29 is 9.59 Å². The summed E-state index contributed by atoms with van der Waals surface area (Å²) in [6.07, 6.45) is 8.76. The first kappa shape index (κ1) is 11.1. The molecule has 1 heterocycles. The summed E-state index contributed by atoms with van der Waals surface area (Å²) in [7, 11) is 0. The minimum atomic E-state index is -0.326. The number of amides is 1. The molecule has 2 aliphatic rings. The Kier molecular flexibility index (Phi) is 3.22. The summed E-state index contributed by atoms with van der Waals surface area (Å²) in [5.74, 6) is -0.643. The van der Waals surface area contributed by atoms with E-state index in [1.807, 2.05) is 6.08 Å². The van der Waals surface area contributed by atoms with Gasteiger partial charge in [0.2, 0.25) is 0 Å². The molecule has 3 heteroatoms. The highest BCUT2D eigenvalue weighted by Crippen LogP contribution is 2.29. The topological polar surface area (TPSA) is 37.4 Å². The smallest absolute Gasteiger partial charge is 0.299 e. The van der Waals surface area contributed by atoms with Gasteiger partial charge in [0.15, 0.2) is 0 Å². The second-order valence-corrected chi connectivity index (χ2v) is 4.29. The molecule has 2 rings (SSSR count). The number of unbranched alkanes of at least 4 members (excludes halogenated alkanes) is 2. The van der Waals surface area contributed by atoms with Crippen molar-refractivity contribution in [1.82, 2.24) is 4.90 Å². The van der Waals surface area contributed by atoms with Crippen LogP contribution in [0.4, 0.5) is 0 Å². The van der Waals surface area contributed by atoms with Gasteiger partial charge in [-0.3, -0.25) is 9.59 Å². The number of ketones is 1. The highest BCUT2D eigenvalue weighted by Gasteiger charge is 2.36. The van der Waals surface area contributed by atoms with Crippen molar-refractivity contribution in [1.29, 1.82) is 0 Å². The van der Waals surface area contributed by atoms with E-state index in [1.165, 1.54) is 0 Å². The summed E-state index contributed by atoms with van der Waals surface area (Å²) >= 11 is 0. The van der Waals surface area contributed by atoms with Gasteiger partial charge in [-0.15, -0.1) is 0 Å². The number of rotatable bonds is 4. The Bertz CT molecular complexity index is 379. The minimum Gasteiger partial charge on any atom is -0.309 e. The molecular weight excluding hydrogens is 202 g/mol. The predicted octanol–water partition coefficient (Wildman–Crippen LogP) is 2.19. The number of nitrogens with zero attached hydrogens (tertiary/aromatic N) is 1. The molecule has 0 radical (unpaired) electrons. The maximum absolute atomic E-state index is 11.8. The lowest BCUT2D eigenvalue weighted by atomic mass is 10.0. The Morgan fingerprint density at radius 1 is 1.31 bits per heavy atom. The zero-order chi connectivity index (χ0) is 11.5. The molecular formula is C13H17NO2. The van der Waals surface area contributed by atoms with Crippen LogP contribution in [-0.2, 0) is 9.59 Å². The number of allylic oxidation sites excluding steroid dienone is 3. The van der Waals surface area contributed by atoms with Gasteiger partial charge in [0.25, 0.3) is 11.7 Å². The summed E-state index contributed by atoms with van der Waals surface area (Å²) in [5, 5.41) is 0. The summed E-state index contributed by atoms with van der Waals surface area (Å²) < 4.78 is 0. The average Bonchev–Trinajstić information content (AvgIpc) is 2.55. The fourth-order valence-corrected chi connectivity index (χ4v) is 2.26. The van der Waals surface area contributed by atoms with E-state index >= 15 is 0 Å². The maximum Gasteiger partial charge on any atom is 0.299 e. The molecule has 0 saturated carbocycles. The van der Waals surface area contributed by atoms with E-state index in [0.717, 1.165) is 37.8 Å². The van der Waals surface area contributed by atoms with Crippen LogP contribution >= 0.6 is 0 Å². The Balaban J connectivity index is 2.12. The molecule has 1 aliphatic carbocycles. The van der Waals surface area contributed by atoms with E-state index in [-0.39, 0.29) is 11.7 Å². The molecule has 86 valence electrons. The van der Waals surface area contributed by atoms with Gasteiger partial charge >= 0.3 is 0 Å².